The summed E-state index contributed by atoms with van der Waals surface area (Å²) in [5.74, 6) is -0.208. The lowest BCUT2D eigenvalue weighted by Crippen LogP contribution is -2.27. The maximum Gasteiger partial charge on any atom is 0.272 e. The fourth-order valence-corrected chi connectivity index (χ4v) is 2.24. The number of carbonyl (C=O) groups is 1. The minimum atomic E-state index is -0.208. The van der Waals surface area contributed by atoms with Crippen LogP contribution in [0.5, 0.6) is 0 Å². The molecular weight excluding hydrogens is 262 g/mol. The minimum Gasteiger partial charge on any atom is -0.344 e. The molecule has 1 heterocycles. The molecule has 0 unspecified atom stereocenters. The number of hydrogen-bond donors (Lipinski definition) is 1. The largest absolute Gasteiger partial charge is 0.344 e. The number of nitrogens with one attached hydrogen (secondary N) is 1. The molecule has 0 spiro atoms. The van der Waals surface area contributed by atoms with Gasteiger partial charge in [-0.3, -0.25) is 4.79 Å². The van der Waals surface area contributed by atoms with Crippen molar-refractivity contribution in [2.24, 2.45) is 0 Å². The zero-order valence-corrected chi connectivity index (χ0v) is 11.7. The predicted molar refractivity (Wildman–Crippen MR) is 81.0 cm³/mol. The van der Waals surface area contributed by atoms with Crippen LogP contribution in [0.15, 0.2) is 60.7 Å². The normalized spacial score (nSPS) is 12.0. The smallest absolute Gasteiger partial charge is 0.272 e. The zero-order valence-electron chi connectivity index (χ0n) is 11.7. The highest BCUT2D eigenvalue weighted by Crippen LogP contribution is 2.22. The molecule has 2 aliphatic rings. The van der Waals surface area contributed by atoms with E-state index in [0.717, 1.165) is 16.8 Å². The summed E-state index contributed by atoms with van der Waals surface area (Å²) < 4.78 is 0. The Hall–Kier alpha value is -2.75. The average molecular weight is 277 g/mol. The molecule has 1 N–H and O–H groups in total. The molecule has 4 nitrogen and oxygen atoms in total. The monoisotopic (exact) mass is 277 g/mol. The third kappa shape index (κ3) is 2.74. The van der Waals surface area contributed by atoms with E-state index < -0.39 is 0 Å². The molecule has 1 amide bonds. The quantitative estimate of drug-likeness (QED) is 0.800. The third-order valence-corrected chi connectivity index (χ3v) is 3.39. The number of nitrogens with zero attached hydrogens (tertiary/aromatic N) is 2. The predicted octanol–water partition coefficient (Wildman–Crippen LogP) is 3.07. The van der Waals surface area contributed by atoms with Crippen molar-refractivity contribution in [3.8, 4) is 11.3 Å². The first kappa shape index (κ1) is 13.2. The highest BCUT2D eigenvalue weighted by Gasteiger charge is 2.20. The average Bonchev–Trinajstić information content (AvgIpc) is 2.77. The second-order valence-electron chi connectivity index (χ2n) is 4.86. The molecule has 1 aromatic carbocycles. The summed E-state index contributed by atoms with van der Waals surface area (Å²) in [6, 6.07) is 19.1. The van der Waals surface area contributed by atoms with Gasteiger partial charge in [0.25, 0.3) is 5.91 Å². The van der Waals surface area contributed by atoms with Gasteiger partial charge < -0.3 is 5.32 Å². The van der Waals surface area contributed by atoms with Gasteiger partial charge in [0.15, 0.2) is 5.69 Å². The molecule has 104 valence electrons. The molecule has 0 bridgehead atoms. The van der Waals surface area contributed by atoms with Crippen LogP contribution in [0.25, 0.3) is 11.3 Å². The van der Waals surface area contributed by atoms with Gasteiger partial charge in [0.05, 0.1) is 11.7 Å². The van der Waals surface area contributed by atoms with Crippen LogP contribution in [-0.2, 0) is 0 Å². The van der Waals surface area contributed by atoms with Crippen LogP contribution in [0.3, 0.4) is 0 Å². The highest BCUT2D eigenvalue weighted by molar-refractivity contribution is 5.99. The minimum absolute atomic E-state index is 0.0806. The van der Waals surface area contributed by atoms with Gasteiger partial charge in [0, 0.05) is 5.56 Å². The fourth-order valence-electron chi connectivity index (χ4n) is 2.24. The van der Waals surface area contributed by atoms with E-state index in [1.807, 2.05) is 67.6 Å². The van der Waals surface area contributed by atoms with Crippen molar-refractivity contribution in [1.82, 2.24) is 15.5 Å². The number of aromatic nitrogens is 2. The van der Waals surface area contributed by atoms with E-state index in [2.05, 4.69) is 15.5 Å². The topological polar surface area (TPSA) is 54.9 Å². The van der Waals surface area contributed by atoms with Gasteiger partial charge in [-0.25, -0.2) is 0 Å². The van der Waals surface area contributed by atoms with Gasteiger partial charge in [-0.15, -0.1) is 10.2 Å². The van der Waals surface area contributed by atoms with Crippen LogP contribution in [0.2, 0.25) is 0 Å². The molecular formula is C17H15N3O. The maximum absolute atomic E-state index is 12.4. The summed E-state index contributed by atoms with van der Waals surface area (Å²) >= 11 is 0. The van der Waals surface area contributed by atoms with Crippen LogP contribution in [-0.4, -0.2) is 16.1 Å². The maximum atomic E-state index is 12.4. The van der Waals surface area contributed by atoms with Crippen molar-refractivity contribution < 1.29 is 4.79 Å². The van der Waals surface area contributed by atoms with Crippen LogP contribution < -0.4 is 5.32 Å². The van der Waals surface area contributed by atoms with Crippen molar-refractivity contribution in [2.75, 3.05) is 0 Å². The first-order valence-corrected chi connectivity index (χ1v) is 6.83. The molecule has 0 radical (unpaired) electrons. The van der Waals surface area contributed by atoms with E-state index in [-0.39, 0.29) is 11.9 Å². The molecule has 1 aliphatic heterocycles. The van der Waals surface area contributed by atoms with Crippen molar-refractivity contribution in [3.05, 3.63) is 71.9 Å². The number of rotatable bonds is 3. The van der Waals surface area contributed by atoms with Crippen molar-refractivity contribution in [1.29, 1.82) is 0 Å². The number of hydrogen-bond acceptors (Lipinski definition) is 3. The highest BCUT2D eigenvalue weighted by atomic mass is 16.2. The fraction of sp³-hybridized carbons (Fsp3) is 0.118. The Morgan fingerprint density at radius 1 is 0.952 bits per heavy atom. The molecule has 0 saturated heterocycles. The number of amides is 1. The summed E-state index contributed by atoms with van der Waals surface area (Å²) in [5.41, 5.74) is 2.90. The molecule has 1 aromatic rings. The van der Waals surface area contributed by atoms with E-state index >= 15 is 0 Å². The standard InChI is InChI=1S/C17H15N3O/c1-12(13-8-4-2-5-9-13)18-17(21)16-14-10-6-3-7-11-15(14)19-20-16/h2-12H,1H3,(H,18,21)/t12-/m0/s1. The van der Waals surface area contributed by atoms with Gasteiger partial charge in [0.2, 0.25) is 0 Å². The zero-order chi connectivity index (χ0) is 14.7. The van der Waals surface area contributed by atoms with Gasteiger partial charge in [0.1, 0.15) is 0 Å². The Morgan fingerprint density at radius 3 is 2.38 bits per heavy atom. The van der Waals surface area contributed by atoms with E-state index in [0.29, 0.717) is 5.69 Å². The second kappa shape index (κ2) is 5.71. The Kier molecular flexibility index (Phi) is 3.60. The van der Waals surface area contributed by atoms with Crippen LogP contribution in [0.4, 0.5) is 0 Å². The lowest BCUT2D eigenvalue weighted by Gasteiger charge is -2.13. The SMILES string of the molecule is C[C@H](NC(=O)c1nnc2cccccc1-2)c1ccccc1. The Morgan fingerprint density at radius 2 is 1.62 bits per heavy atom. The summed E-state index contributed by atoms with van der Waals surface area (Å²) in [4.78, 5) is 12.4. The number of carbonyl (C=O) groups excluding carboxylic acids is 1. The molecule has 21 heavy (non-hydrogen) atoms. The first-order chi connectivity index (χ1) is 10.3. The summed E-state index contributed by atoms with van der Waals surface area (Å²) in [7, 11) is 0. The van der Waals surface area contributed by atoms with Crippen LogP contribution in [0.1, 0.15) is 29.0 Å². The third-order valence-electron chi connectivity index (χ3n) is 3.39. The van der Waals surface area contributed by atoms with Gasteiger partial charge in [-0.2, -0.15) is 0 Å². The number of benzene rings is 1. The summed E-state index contributed by atoms with van der Waals surface area (Å²) in [6.07, 6.45) is 0. The molecule has 1 aliphatic carbocycles. The lowest BCUT2D eigenvalue weighted by molar-refractivity contribution is 0.0935. The molecule has 0 saturated carbocycles. The van der Waals surface area contributed by atoms with Crippen molar-refractivity contribution in [2.45, 2.75) is 13.0 Å². The van der Waals surface area contributed by atoms with E-state index in [9.17, 15) is 4.79 Å². The second-order valence-corrected chi connectivity index (χ2v) is 4.86. The van der Waals surface area contributed by atoms with Gasteiger partial charge in [-0.05, 0) is 18.6 Å². The lowest BCUT2D eigenvalue weighted by atomic mass is 10.1. The molecule has 1 atom stereocenters. The Labute approximate surface area is 123 Å². The number of fused-ring (bicyclic) bond motifs is 1. The van der Waals surface area contributed by atoms with Gasteiger partial charge >= 0.3 is 0 Å². The van der Waals surface area contributed by atoms with Crippen LogP contribution in [0, 0.1) is 0 Å². The Balaban J connectivity index is 1.83. The summed E-state index contributed by atoms with van der Waals surface area (Å²) in [5, 5.41) is 11.0. The molecule has 3 rings (SSSR count). The van der Waals surface area contributed by atoms with E-state index in [1.165, 1.54) is 0 Å². The van der Waals surface area contributed by atoms with Crippen molar-refractivity contribution >= 4 is 5.91 Å². The van der Waals surface area contributed by atoms with Crippen molar-refractivity contribution in [3.63, 3.8) is 0 Å². The van der Waals surface area contributed by atoms with Gasteiger partial charge in [-0.1, -0.05) is 54.6 Å². The Bertz CT molecular complexity index is 727. The summed E-state index contributed by atoms with van der Waals surface area (Å²) in [6.45, 7) is 1.95. The molecule has 0 aromatic heterocycles. The molecule has 0 fully saturated rings. The molecule has 4 heteroatoms. The van der Waals surface area contributed by atoms with E-state index in [1.54, 1.807) is 0 Å². The first-order valence-electron chi connectivity index (χ1n) is 6.83. The van der Waals surface area contributed by atoms with Crippen LogP contribution >= 0.6 is 0 Å². The van der Waals surface area contributed by atoms with E-state index in [4.69, 9.17) is 0 Å².